The van der Waals surface area contributed by atoms with Gasteiger partial charge in [0.15, 0.2) is 0 Å². The molecular formula is C21H22ClFN4O2. The van der Waals surface area contributed by atoms with Crippen molar-refractivity contribution in [2.75, 3.05) is 11.9 Å². The van der Waals surface area contributed by atoms with Gasteiger partial charge in [-0.25, -0.2) is 9.18 Å². The van der Waals surface area contributed by atoms with Crippen LogP contribution in [0.4, 0.5) is 14.9 Å². The van der Waals surface area contributed by atoms with Gasteiger partial charge in [-0.1, -0.05) is 24.9 Å². The van der Waals surface area contributed by atoms with Gasteiger partial charge in [-0.3, -0.25) is 9.78 Å². The number of aromatic nitrogens is 2. The maximum atomic E-state index is 13.4. The highest BCUT2D eigenvalue weighted by molar-refractivity contribution is 6.31. The molecule has 2 amide bonds. The summed E-state index contributed by atoms with van der Waals surface area (Å²) in [6.07, 6.45) is 6.49. The lowest BCUT2D eigenvalue weighted by atomic mass is 10.0. The molecule has 0 unspecified atom stereocenters. The molecule has 0 radical (unpaired) electrons. The van der Waals surface area contributed by atoms with Crippen molar-refractivity contribution in [3.63, 3.8) is 0 Å². The Balaban J connectivity index is 1.93. The molecule has 0 saturated carbocycles. The monoisotopic (exact) mass is 416 g/mol. The summed E-state index contributed by atoms with van der Waals surface area (Å²) in [5.41, 5.74) is 0.991. The molecule has 1 atom stereocenters. The standard InChI is InChI=1S/C21H22ClFN4O2/c1-3-4-9-27(21(29)26-14-5-6-19(23)18(22)10-14)13(2)16-12-25-20(28)17-11-24-8-7-15(16)17/h5-8,10-13H,3-4,9H2,1-2H3,(H,25,28)(H,26,29)/t13-/m1/s1. The average Bonchev–Trinajstić information content (AvgIpc) is 2.71. The largest absolute Gasteiger partial charge is 0.328 e. The molecule has 1 aromatic carbocycles. The number of carbonyl (C=O) groups excluding carboxylic acids is 1. The van der Waals surface area contributed by atoms with Gasteiger partial charge in [-0.15, -0.1) is 0 Å². The van der Waals surface area contributed by atoms with Gasteiger partial charge in [0.05, 0.1) is 16.5 Å². The second-order valence-corrected chi connectivity index (χ2v) is 7.18. The highest BCUT2D eigenvalue weighted by atomic mass is 35.5. The van der Waals surface area contributed by atoms with E-state index in [1.807, 2.05) is 13.8 Å². The van der Waals surface area contributed by atoms with E-state index in [1.54, 1.807) is 23.4 Å². The molecule has 8 heteroatoms. The van der Waals surface area contributed by atoms with Crippen molar-refractivity contribution in [1.29, 1.82) is 0 Å². The number of pyridine rings is 2. The summed E-state index contributed by atoms with van der Waals surface area (Å²) in [7, 11) is 0. The van der Waals surface area contributed by atoms with Gasteiger partial charge >= 0.3 is 6.03 Å². The number of hydrogen-bond acceptors (Lipinski definition) is 3. The summed E-state index contributed by atoms with van der Waals surface area (Å²) in [4.78, 5) is 33.6. The van der Waals surface area contributed by atoms with E-state index in [4.69, 9.17) is 11.6 Å². The third kappa shape index (κ3) is 4.56. The average molecular weight is 417 g/mol. The van der Waals surface area contributed by atoms with Crippen molar-refractivity contribution in [3.05, 3.63) is 69.6 Å². The SMILES string of the molecule is CCCCN(C(=O)Nc1ccc(F)c(Cl)c1)[C@H](C)c1c[nH]c(=O)c2cnccc12. The topological polar surface area (TPSA) is 78.1 Å². The Morgan fingerprint density at radius 3 is 2.86 bits per heavy atom. The fourth-order valence-corrected chi connectivity index (χ4v) is 3.39. The van der Waals surface area contributed by atoms with E-state index in [-0.39, 0.29) is 22.7 Å². The van der Waals surface area contributed by atoms with E-state index >= 15 is 0 Å². The zero-order chi connectivity index (χ0) is 21.0. The summed E-state index contributed by atoms with van der Waals surface area (Å²) in [5, 5.41) is 3.94. The summed E-state index contributed by atoms with van der Waals surface area (Å²) < 4.78 is 13.4. The van der Waals surface area contributed by atoms with Crippen LogP contribution in [0.2, 0.25) is 5.02 Å². The van der Waals surface area contributed by atoms with Crippen LogP contribution in [-0.4, -0.2) is 27.4 Å². The third-order valence-electron chi connectivity index (χ3n) is 4.84. The number of amides is 2. The zero-order valence-corrected chi connectivity index (χ0v) is 17.0. The van der Waals surface area contributed by atoms with Crippen molar-refractivity contribution >= 4 is 34.1 Å². The second-order valence-electron chi connectivity index (χ2n) is 6.78. The fourth-order valence-electron chi connectivity index (χ4n) is 3.21. The van der Waals surface area contributed by atoms with E-state index in [9.17, 15) is 14.0 Å². The molecule has 0 saturated heterocycles. The molecule has 0 bridgehead atoms. The molecule has 2 aromatic heterocycles. The third-order valence-corrected chi connectivity index (χ3v) is 5.13. The first-order valence-corrected chi connectivity index (χ1v) is 9.78. The van der Waals surface area contributed by atoms with Crippen molar-refractivity contribution in [3.8, 4) is 0 Å². The molecule has 0 aliphatic heterocycles. The van der Waals surface area contributed by atoms with Crippen molar-refractivity contribution < 1.29 is 9.18 Å². The van der Waals surface area contributed by atoms with Crippen LogP contribution in [-0.2, 0) is 0 Å². The molecule has 0 fully saturated rings. The van der Waals surface area contributed by atoms with E-state index in [0.29, 0.717) is 17.6 Å². The minimum atomic E-state index is -0.547. The Kier molecular flexibility index (Phi) is 6.49. The van der Waals surface area contributed by atoms with Crippen LogP contribution in [0.15, 0.2) is 47.7 Å². The quantitative estimate of drug-likeness (QED) is 0.586. The highest BCUT2D eigenvalue weighted by Gasteiger charge is 2.23. The summed E-state index contributed by atoms with van der Waals surface area (Å²) in [5.74, 6) is -0.547. The van der Waals surface area contributed by atoms with Gasteiger partial charge in [0, 0.05) is 30.8 Å². The lowest BCUT2D eigenvalue weighted by molar-refractivity contribution is 0.192. The lowest BCUT2D eigenvalue weighted by Gasteiger charge is -2.30. The normalized spacial score (nSPS) is 12.0. The van der Waals surface area contributed by atoms with E-state index in [1.165, 1.54) is 24.4 Å². The number of unbranched alkanes of at least 4 members (excludes halogenated alkanes) is 1. The fraction of sp³-hybridized carbons (Fsp3) is 0.286. The molecule has 152 valence electrons. The first-order chi connectivity index (χ1) is 13.9. The van der Waals surface area contributed by atoms with E-state index in [0.717, 1.165) is 23.8 Å². The number of halogens is 2. The molecule has 3 aromatic rings. The number of nitrogens with zero attached hydrogens (tertiary/aromatic N) is 2. The van der Waals surface area contributed by atoms with Crippen LogP contribution in [0, 0.1) is 5.82 Å². The predicted octanol–water partition coefficient (Wildman–Crippen LogP) is 5.11. The molecular weight excluding hydrogens is 395 g/mol. The lowest BCUT2D eigenvalue weighted by Crippen LogP contribution is -2.38. The molecule has 6 nitrogen and oxygen atoms in total. The molecule has 2 N–H and O–H groups in total. The first-order valence-electron chi connectivity index (χ1n) is 9.40. The van der Waals surface area contributed by atoms with Gasteiger partial charge in [0.1, 0.15) is 5.82 Å². The van der Waals surface area contributed by atoms with Crippen molar-refractivity contribution in [2.45, 2.75) is 32.7 Å². The zero-order valence-electron chi connectivity index (χ0n) is 16.2. The number of aromatic amines is 1. The highest BCUT2D eigenvalue weighted by Crippen LogP contribution is 2.27. The maximum Gasteiger partial charge on any atom is 0.322 e. The van der Waals surface area contributed by atoms with Crippen LogP contribution < -0.4 is 10.9 Å². The minimum absolute atomic E-state index is 0.0601. The number of hydrogen-bond donors (Lipinski definition) is 2. The maximum absolute atomic E-state index is 13.4. The van der Waals surface area contributed by atoms with Crippen LogP contribution in [0.1, 0.15) is 38.3 Å². The molecule has 2 heterocycles. The Labute approximate surface area is 172 Å². The number of H-pyrrole nitrogens is 1. The van der Waals surface area contributed by atoms with Crippen LogP contribution in [0.25, 0.3) is 10.8 Å². The summed E-state index contributed by atoms with van der Waals surface area (Å²) in [6.45, 7) is 4.46. The number of anilines is 1. The molecule has 29 heavy (non-hydrogen) atoms. The van der Waals surface area contributed by atoms with Crippen LogP contribution in [0.5, 0.6) is 0 Å². The van der Waals surface area contributed by atoms with Crippen molar-refractivity contribution in [2.24, 2.45) is 0 Å². The first kappa shape index (κ1) is 20.8. The Bertz CT molecular complexity index is 1090. The van der Waals surface area contributed by atoms with Gasteiger partial charge in [0.25, 0.3) is 5.56 Å². The molecule has 0 aliphatic carbocycles. The Hall–Kier alpha value is -2.93. The van der Waals surface area contributed by atoms with Crippen LogP contribution in [0.3, 0.4) is 0 Å². The van der Waals surface area contributed by atoms with Crippen LogP contribution >= 0.6 is 11.6 Å². The smallest absolute Gasteiger partial charge is 0.322 e. The molecule has 0 spiro atoms. The van der Waals surface area contributed by atoms with Gasteiger partial charge in [0.2, 0.25) is 0 Å². The van der Waals surface area contributed by atoms with Gasteiger partial charge in [-0.05, 0) is 48.6 Å². The van der Waals surface area contributed by atoms with E-state index in [2.05, 4.69) is 15.3 Å². The molecule has 0 aliphatic rings. The number of carbonyl (C=O) groups is 1. The summed E-state index contributed by atoms with van der Waals surface area (Å²) >= 11 is 5.82. The van der Waals surface area contributed by atoms with E-state index < -0.39 is 5.82 Å². The molecule has 3 rings (SSSR count). The second kappa shape index (κ2) is 9.05. The predicted molar refractivity (Wildman–Crippen MR) is 113 cm³/mol. The number of rotatable bonds is 6. The summed E-state index contributed by atoms with van der Waals surface area (Å²) in [6, 6.07) is 5.16. The minimum Gasteiger partial charge on any atom is -0.328 e. The number of benzene rings is 1. The number of nitrogens with one attached hydrogen (secondary N) is 2. The van der Waals surface area contributed by atoms with Gasteiger partial charge in [-0.2, -0.15) is 0 Å². The number of urea groups is 1. The Morgan fingerprint density at radius 2 is 2.14 bits per heavy atom. The van der Waals surface area contributed by atoms with Gasteiger partial charge < -0.3 is 15.2 Å². The number of fused-ring (bicyclic) bond motifs is 1. The van der Waals surface area contributed by atoms with Crippen molar-refractivity contribution in [1.82, 2.24) is 14.9 Å². The Morgan fingerprint density at radius 1 is 1.34 bits per heavy atom.